The van der Waals surface area contributed by atoms with Gasteiger partial charge in [0.15, 0.2) is 0 Å². The average molecular weight is 859 g/mol. The van der Waals surface area contributed by atoms with Gasteiger partial charge in [-0.15, -0.1) is 0 Å². The molecule has 0 aromatic heterocycles. The van der Waals surface area contributed by atoms with E-state index < -0.39 is 19.9 Å². The second-order valence-corrected chi connectivity index (χ2v) is 19.1. The molecule has 0 aromatic carbocycles. The minimum Gasteiger partial charge on any atom is -0.457 e. The summed E-state index contributed by atoms with van der Waals surface area (Å²) in [5.41, 5.74) is 0. The molecule has 13 heteroatoms. The van der Waals surface area contributed by atoms with Crippen molar-refractivity contribution in [3.63, 3.8) is 0 Å². The number of likely N-dealkylation sites (N-methyl/N-ethyl adjacent to an activating group) is 1. The molecule has 1 saturated carbocycles. The monoisotopic (exact) mass is 859 g/mol. The molecule has 0 radical (unpaired) electrons. The lowest BCUT2D eigenvalue weighted by molar-refractivity contribution is -0.870. The Morgan fingerprint density at radius 1 is 0.763 bits per heavy atom. The molecule has 1 heterocycles. The van der Waals surface area contributed by atoms with E-state index in [4.69, 9.17) is 33.2 Å². The Hall–Kier alpha value is -1.44. The van der Waals surface area contributed by atoms with Gasteiger partial charge in [0.2, 0.25) is 0 Å². The molecule has 2 N–H and O–H groups in total. The average Bonchev–Trinajstić information content (AvgIpc) is 3.81. The lowest BCUT2D eigenvalue weighted by atomic mass is 9.89. The van der Waals surface area contributed by atoms with Crippen LogP contribution in [0.5, 0.6) is 0 Å². The number of carbonyl (C=O) groups is 1. The zero-order valence-corrected chi connectivity index (χ0v) is 38.6. The highest BCUT2D eigenvalue weighted by Gasteiger charge is 2.49. The standard InChI is InChI=1S/C46H84NO11P/c1-6-8-10-11-12-13-14-15-16-17-18-19-20-21-24-28-35-52-38-41(39-54-59(50,51)53-36-34-47(3,4)5)55-46(48)31-27-23-22-26-30-42-43(45-37-44(42)57-58-45)33-32-40(56-49)29-25-9-7-2/h15-16,22,26,32-33,40-45H,6-14,17-21,23-25,27-31,34-39H2,1-5H3,(H-,49,50,51)/p+1/b16-15-,26-22-,33-32+. The van der Waals surface area contributed by atoms with Crippen molar-refractivity contribution in [1.82, 2.24) is 0 Å². The maximum absolute atomic E-state index is 12.9. The van der Waals surface area contributed by atoms with Gasteiger partial charge in [-0.05, 0) is 57.8 Å². The summed E-state index contributed by atoms with van der Waals surface area (Å²) in [6, 6.07) is 0. The molecule has 1 aliphatic heterocycles. The Labute approximate surface area is 358 Å². The van der Waals surface area contributed by atoms with Gasteiger partial charge in [0, 0.05) is 31.3 Å². The number of quaternary nitrogens is 1. The third-order valence-corrected chi connectivity index (χ3v) is 12.1. The molecule has 7 unspecified atom stereocenters. The molecule has 0 amide bonds. The number of fused-ring (bicyclic) bond motifs is 2. The molecule has 2 aliphatic rings. The number of ether oxygens (including phenoxy) is 2. The van der Waals surface area contributed by atoms with Gasteiger partial charge in [-0.2, -0.15) is 0 Å². The fraction of sp³-hybridized carbons (Fsp3) is 0.848. The molecule has 2 fully saturated rings. The zero-order valence-electron chi connectivity index (χ0n) is 37.7. The number of esters is 1. The molecule has 0 aromatic rings. The fourth-order valence-electron chi connectivity index (χ4n) is 7.46. The molecule has 2 rings (SSSR count). The lowest BCUT2D eigenvalue weighted by Gasteiger charge is -2.27. The molecule has 344 valence electrons. The summed E-state index contributed by atoms with van der Waals surface area (Å²) in [5.74, 6) is 0.0330. The van der Waals surface area contributed by atoms with Crippen molar-refractivity contribution in [2.24, 2.45) is 11.8 Å². The van der Waals surface area contributed by atoms with Gasteiger partial charge < -0.3 is 18.9 Å². The van der Waals surface area contributed by atoms with Crippen LogP contribution < -0.4 is 0 Å². The normalized spacial score (nSPS) is 21.6. The van der Waals surface area contributed by atoms with Crippen LogP contribution in [0.3, 0.4) is 0 Å². The topological polar surface area (TPSA) is 139 Å². The van der Waals surface area contributed by atoms with E-state index in [0.29, 0.717) is 30.5 Å². The number of phosphoric acid groups is 1. The first kappa shape index (κ1) is 53.7. The Balaban J connectivity index is 1.70. The Morgan fingerprint density at radius 3 is 2.05 bits per heavy atom. The molecule has 59 heavy (non-hydrogen) atoms. The Kier molecular flexibility index (Phi) is 30.2. The van der Waals surface area contributed by atoms with Gasteiger partial charge in [-0.1, -0.05) is 127 Å². The summed E-state index contributed by atoms with van der Waals surface area (Å²) in [6.45, 7) is 5.28. The van der Waals surface area contributed by atoms with Crippen molar-refractivity contribution in [1.29, 1.82) is 0 Å². The molecular formula is C46H85NO11P+. The highest BCUT2D eigenvalue weighted by atomic mass is 31.2. The number of hydrogen-bond acceptors (Lipinski definition) is 10. The van der Waals surface area contributed by atoms with Crippen molar-refractivity contribution in [3.05, 3.63) is 36.5 Å². The van der Waals surface area contributed by atoms with E-state index in [1.807, 2.05) is 27.2 Å². The third-order valence-electron chi connectivity index (χ3n) is 11.1. The highest BCUT2D eigenvalue weighted by Crippen LogP contribution is 2.45. The smallest absolute Gasteiger partial charge is 0.457 e. The van der Waals surface area contributed by atoms with E-state index in [1.165, 1.54) is 64.2 Å². The number of nitrogens with zero attached hydrogens (tertiary/aromatic N) is 1. The minimum atomic E-state index is -4.33. The van der Waals surface area contributed by atoms with Gasteiger partial charge >= 0.3 is 13.8 Å². The quantitative estimate of drug-likeness (QED) is 0.0116. The number of allylic oxidation sites excluding steroid dienone is 4. The van der Waals surface area contributed by atoms with Crippen LogP contribution >= 0.6 is 7.82 Å². The van der Waals surface area contributed by atoms with Crippen molar-refractivity contribution in [3.8, 4) is 0 Å². The summed E-state index contributed by atoms with van der Waals surface area (Å²) in [4.78, 5) is 38.9. The van der Waals surface area contributed by atoms with Crippen LogP contribution in [0.4, 0.5) is 0 Å². The molecule has 12 nitrogen and oxygen atoms in total. The highest BCUT2D eigenvalue weighted by molar-refractivity contribution is 7.47. The van der Waals surface area contributed by atoms with Crippen molar-refractivity contribution in [2.75, 3.05) is 54.1 Å². The number of carbonyl (C=O) groups excluding carboxylic acids is 1. The maximum Gasteiger partial charge on any atom is 0.472 e. The zero-order chi connectivity index (χ0) is 43.0. The van der Waals surface area contributed by atoms with Crippen molar-refractivity contribution < 1.29 is 57.2 Å². The van der Waals surface area contributed by atoms with E-state index >= 15 is 0 Å². The van der Waals surface area contributed by atoms with Crippen LogP contribution in [-0.4, -0.2) is 99.1 Å². The predicted octanol–water partition coefficient (Wildman–Crippen LogP) is 11.2. The summed E-state index contributed by atoms with van der Waals surface area (Å²) in [6.07, 6.45) is 36.2. The Morgan fingerprint density at radius 2 is 1.37 bits per heavy atom. The molecule has 1 aliphatic carbocycles. The summed E-state index contributed by atoms with van der Waals surface area (Å²) in [5, 5.41) is 9.36. The van der Waals surface area contributed by atoms with Crippen LogP contribution in [0.1, 0.15) is 162 Å². The Bertz CT molecular complexity index is 1190. The van der Waals surface area contributed by atoms with Crippen LogP contribution in [0.15, 0.2) is 36.5 Å². The minimum absolute atomic E-state index is 0.00122. The first-order valence-electron chi connectivity index (χ1n) is 23.3. The van der Waals surface area contributed by atoms with Gasteiger partial charge in [0.25, 0.3) is 0 Å². The van der Waals surface area contributed by atoms with E-state index in [9.17, 15) is 19.5 Å². The first-order chi connectivity index (χ1) is 28.5. The summed E-state index contributed by atoms with van der Waals surface area (Å²) >= 11 is 0. The molecule has 7 atom stereocenters. The predicted molar refractivity (Wildman–Crippen MR) is 235 cm³/mol. The molecule has 1 saturated heterocycles. The number of unbranched alkanes of at least 4 members (excludes halogenated alkanes) is 15. The van der Waals surface area contributed by atoms with Crippen LogP contribution in [0.2, 0.25) is 0 Å². The third kappa shape index (κ3) is 27.3. The van der Waals surface area contributed by atoms with E-state index in [0.717, 1.165) is 64.2 Å². The molecule has 0 spiro atoms. The number of rotatable bonds is 39. The van der Waals surface area contributed by atoms with E-state index in [1.54, 1.807) is 0 Å². The largest absolute Gasteiger partial charge is 0.472 e. The number of phosphoric ester groups is 1. The van der Waals surface area contributed by atoms with Crippen molar-refractivity contribution >= 4 is 13.8 Å². The second-order valence-electron chi connectivity index (χ2n) is 17.6. The first-order valence-corrected chi connectivity index (χ1v) is 24.8. The SMILES string of the molecule is CCCCCCCC/C=C\CCCCCCCCOCC(COP(=O)(O)OCC[N+](C)(C)C)OC(=O)CCC/C=C\CC1C2CC(OO2)C1/C=C/C(CCCCC)OO. The van der Waals surface area contributed by atoms with Crippen LogP contribution in [0.25, 0.3) is 0 Å². The van der Waals surface area contributed by atoms with Crippen LogP contribution in [0, 0.1) is 11.8 Å². The lowest BCUT2D eigenvalue weighted by Crippen LogP contribution is -2.37. The van der Waals surface area contributed by atoms with E-state index in [2.05, 4.69) is 44.2 Å². The van der Waals surface area contributed by atoms with Crippen molar-refractivity contribution in [2.45, 2.75) is 186 Å². The summed E-state index contributed by atoms with van der Waals surface area (Å²) < 4.78 is 35.1. The van der Waals surface area contributed by atoms with Crippen LogP contribution in [-0.2, 0) is 42.5 Å². The van der Waals surface area contributed by atoms with Gasteiger partial charge in [0.1, 0.15) is 31.5 Å². The second kappa shape index (κ2) is 33.2. The number of hydrogen-bond donors (Lipinski definition) is 2. The summed E-state index contributed by atoms with van der Waals surface area (Å²) in [7, 11) is 1.56. The fourth-order valence-corrected chi connectivity index (χ4v) is 8.20. The van der Waals surface area contributed by atoms with Gasteiger partial charge in [-0.25, -0.2) is 19.2 Å². The van der Waals surface area contributed by atoms with Gasteiger partial charge in [-0.3, -0.25) is 19.1 Å². The van der Waals surface area contributed by atoms with Gasteiger partial charge in [0.05, 0.1) is 40.5 Å². The molecular weight excluding hydrogens is 773 g/mol. The maximum atomic E-state index is 12.9. The van der Waals surface area contributed by atoms with E-state index in [-0.39, 0.29) is 56.4 Å². The molecule has 2 bridgehead atoms.